The molecule has 0 spiro atoms. The lowest BCUT2D eigenvalue weighted by atomic mass is 9.69. The summed E-state index contributed by atoms with van der Waals surface area (Å²) in [6.07, 6.45) is 1.69. The largest absolute Gasteiger partial charge is 0.465 e. The zero-order valence-electron chi connectivity index (χ0n) is 15.2. The molecule has 0 saturated carbocycles. The van der Waals surface area contributed by atoms with E-state index in [9.17, 15) is 9.59 Å². The van der Waals surface area contributed by atoms with Gasteiger partial charge in [-0.1, -0.05) is 49.9 Å². The third-order valence-corrected chi connectivity index (χ3v) is 6.67. The molecular formula is C20H22N2O3S. The number of aromatic nitrogens is 2. The Labute approximate surface area is 156 Å². The van der Waals surface area contributed by atoms with Crippen LogP contribution in [-0.2, 0) is 27.9 Å². The van der Waals surface area contributed by atoms with Crippen LogP contribution in [0.1, 0.15) is 38.3 Å². The average Bonchev–Trinajstić information content (AvgIpc) is 3.07. The van der Waals surface area contributed by atoms with Crippen molar-refractivity contribution in [3.05, 3.63) is 45.7 Å². The molecule has 0 bridgehead atoms. The van der Waals surface area contributed by atoms with Gasteiger partial charge in [0.2, 0.25) is 0 Å². The summed E-state index contributed by atoms with van der Waals surface area (Å²) in [5.74, 6) is -0.279. The SMILES string of the molecule is CCOC(=O)C1Cn2c(nc3c(c2=O)C(C)(CC)Cc2ccccc2-3)S1. The van der Waals surface area contributed by atoms with Crippen LogP contribution in [0.25, 0.3) is 11.3 Å². The van der Waals surface area contributed by atoms with Crippen molar-refractivity contribution in [2.24, 2.45) is 0 Å². The van der Waals surface area contributed by atoms with Crippen LogP contribution in [0, 0.1) is 0 Å². The molecule has 5 nitrogen and oxygen atoms in total. The van der Waals surface area contributed by atoms with Crippen molar-refractivity contribution < 1.29 is 9.53 Å². The Bertz CT molecular complexity index is 953. The normalized spacial score (nSPS) is 23.1. The number of ether oxygens (including phenoxy) is 1. The first-order valence-corrected chi connectivity index (χ1v) is 9.93. The van der Waals surface area contributed by atoms with E-state index in [0.29, 0.717) is 18.3 Å². The zero-order valence-corrected chi connectivity index (χ0v) is 16.1. The molecule has 1 aliphatic heterocycles. The molecule has 0 N–H and O–H groups in total. The molecule has 26 heavy (non-hydrogen) atoms. The van der Waals surface area contributed by atoms with Crippen molar-refractivity contribution in [1.29, 1.82) is 0 Å². The molecule has 0 fully saturated rings. The lowest BCUT2D eigenvalue weighted by Crippen LogP contribution is -2.39. The maximum absolute atomic E-state index is 13.4. The van der Waals surface area contributed by atoms with Crippen molar-refractivity contribution in [2.75, 3.05) is 6.61 Å². The molecule has 0 saturated heterocycles. The molecule has 1 aliphatic carbocycles. The fraction of sp³-hybridized carbons (Fsp3) is 0.450. The number of esters is 1. The van der Waals surface area contributed by atoms with Crippen molar-refractivity contribution in [2.45, 2.75) is 56.0 Å². The van der Waals surface area contributed by atoms with Gasteiger partial charge in [-0.2, -0.15) is 0 Å². The van der Waals surface area contributed by atoms with Crippen LogP contribution in [0.3, 0.4) is 0 Å². The Morgan fingerprint density at radius 3 is 2.88 bits per heavy atom. The smallest absolute Gasteiger partial charge is 0.321 e. The second-order valence-corrected chi connectivity index (χ2v) is 8.31. The number of hydrogen-bond donors (Lipinski definition) is 0. The fourth-order valence-corrected chi connectivity index (χ4v) is 5.00. The third kappa shape index (κ3) is 2.50. The molecule has 136 valence electrons. The maximum Gasteiger partial charge on any atom is 0.321 e. The first-order valence-electron chi connectivity index (χ1n) is 9.05. The summed E-state index contributed by atoms with van der Waals surface area (Å²) in [7, 11) is 0. The number of carbonyl (C=O) groups is 1. The van der Waals surface area contributed by atoms with Crippen LogP contribution in [0.15, 0.2) is 34.2 Å². The van der Waals surface area contributed by atoms with Crippen molar-refractivity contribution in [3.63, 3.8) is 0 Å². The van der Waals surface area contributed by atoms with E-state index in [0.717, 1.165) is 29.7 Å². The molecule has 4 rings (SSSR count). The van der Waals surface area contributed by atoms with E-state index in [2.05, 4.69) is 19.9 Å². The van der Waals surface area contributed by atoms with E-state index < -0.39 is 5.25 Å². The summed E-state index contributed by atoms with van der Waals surface area (Å²) < 4.78 is 6.80. The van der Waals surface area contributed by atoms with Gasteiger partial charge in [0.1, 0.15) is 5.25 Å². The minimum Gasteiger partial charge on any atom is -0.465 e. The summed E-state index contributed by atoms with van der Waals surface area (Å²) >= 11 is 1.33. The van der Waals surface area contributed by atoms with Crippen LogP contribution < -0.4 is 5.56 Å². The Balaban J connectivity index is 1.89. The molecule has 0 radical (unpaired) electrons. The van der Waals surface area contributed by atoms with E-state index in [-0.39, 0.29) is 16.9 Å². The lowest BCUT2D eigenvalue weighted by Gasteiger charge is -2.35. The van der Waals surface area contributed by atoms with Crippen LogP contribution in [-0.4, -0.2) is 27.4 Å². The Kier molecular flexibility index (Phi) is 4.18. The minimum atomic E-state index is -0.401. The van der Waals surface area contributed by atoms with Crippen molar-refractivity contribution in [1.82, 2.24) is 9.55 Å². The van der Waals surface area contributed by atoms with Gasteiger partial charge in [-0.15, -0.1) is 0 Å². The quantitative estimate of drug-likeness (QED) is 0.613. The van der Waals surface area contributed by atoms with E-state index in [1.807, 2.05) is 18.2 Å². The molecule has 6 heteroatoms. The van der Waals surface area contributed by atoms with Crippen LogP contribution in [0.4, 0.5) is 0 Å². The van der Waals surface area contributed by atoms with Crippen molar-refractivity contribution in [3.8, 4) is 11.3 Å². The summed E-state index contributed by atoms with van der Waals surface area (Å²) in [6, 6.07) is 8.17. The zero-order chi connectivity index (χ0) is 18.5. The molecule has 1 aromatic carbocycles. The van der Waals surface area contributed by atoms with Crippen LogP contribution in [0.5, 0.6) is 0 Å². The predicted octanol–water partition coefficient (Wildman–Crippen LogP) is 3.17. The van der Waals surface area contributed by atoms with Gasteiger partial charge in [0.25, 0.3) is 5.56 Å². The first-order chi connectivity index (χ1) is 12.5. The Morgan fingerprint density at radius 2 is 2.15 bits per heavy atom. The molecule has 1 aromatic heterocycles. The van der Waals surface area contributed by atoms with Gasteiger partial charge >= 0.3 is 5.97 Å². The highest BCUT2D eigenvalue weighted by Gasteiger charge is 2.41. The summed E-state index contributed by atoms with van der Waals surface area (Å²) in [5.41, 5.74) is 3.57. The fourth-order valence-electron chi connectivity index (χ4n) is 3.93. The topological polar surface area (TPSA) is 61.2 Å². The number of hydrogen-bond acceptors (Lipinski definition) is 5. The van der Waals surface area contributed by atoms with E-state index >= 15 is 0 Å². The lowest BCUT2D eigenvalue weighted by molar-refractivity contribution is -0.142. The molecule has 2 aliphatic rings. The monoisotopic (exact) mass is 370 g/mol. The van der Waals surface area contributed by atoms with Gasteiger partial charge < -0.3 is 4.74 Å². The highest BCUT2D eigenvalue weighted by molar-refractivity contribution is 8.00. The molecule has 2 aromatic rings. The average molecular weight is 370 g/mol. The van der Waals surface area contributed by atoms with Crippen molar-refractivity contribution >= 4 is 17.7 Å². The van der Waals surface area contributed by atoms with Gasteiger partial charge in [0.15, 0.2) is 5.16 Å². The highest BCUT2D eigenvalue weighted by atomic mass is 32.2. The molecular weight excluding hydrogens is 348 g/mol. The van der Waals surface area contributed by atoms with Gasteiger partial charge in [-0.25, -0.2) is 4.98 Å². The summed E-state index contributed by atoms with van der Waals surface area (Å²) in [6.45, 7) is 6.72. The highest BCUT2D eigenvalue weighted by Crippen LogP contribution is 2.44. The molecule has 2 heterocycles. The predicted molar refractivity (Wildman–Crippen MR) is 102 cm³/mol. The number of carbonyl (C=O) groups excluding carboxylic acids is 1. The Morgan fingerprint density at radius 1 is 1.38 bits per heavy atom. The van der Waals surface area contributed by atoms with E-state index in [4.69, 9.17) is 9.72 Å². The molecule has 2 unspecified atom stereocenters. The minimum absolute atomic E-state index is 0.0110. The Hall–Kier alpha value is -2.08. The number of benzene rings is 1. The number of nitrogens with zero attached hydrogens (tertiary/aromatic N) is 2. The standard InChI is InChI=1S/C20H22N2O3S/c1-4-20(3)10-12-8-6-7-9-13(12)16-15(20)17(23)22-11-14(18(24)25-5-2)26-19(22)21-16/h6-9,14H,4-5,10-11H2,1-3H3. The molecule has 2 atom stereocenters. The second kappa shape index (κ2) is 6.27. The van der Waals surface area contributed by atoms with Gasteiger partial charge in [-0.05, 0) is 25.3 Å². The maximum atomic E-state index is 13.4. The number of fused-ring (bicyclic) bond motifs is 4. The summed E-state index contributed by atoms with van der Waals surface area (Å²) in [4.78, 5) is 30.4. The van der Waals surface area contributed by atoms with E-state index in [1.54, 1.807) is 11.5 Å². The van der Waals surface area contributed by atoms with Gasteiger partial charge in [0, 0.05) is 11.0 Å². The van der Waals surface area contributed by atoms with Gasteiger partial charge in [-0.3, -0.25) is 14.2 Å². The summed E-state index contributed by atoms with van der Waals surface area (Å²) in [5, 5.41) is 0.212. The number of thioether (sulfide) groups is 1. The van der Waals surface area contributed by atoms with Crippen LogP contribution >= 0.6 is 11.8 Å². The van der Waals surface area contributed by atoms with Crippen LogP contribution in [0.2, 0.25) is 0 Å². The number of rotatable bonds is 3. The first kappa shape index (κ1) is 17.3. The third-order valence-electron chi connectivity index (χ3n) is 5.52. The second-order valence-electron chi connectivity index (χ2n) is 7.14. The van der Waals surface area contributed by atoms with Gasteiger partial charge in [0.05, 0.1) is 24.4 Å². The van der Waals surface area contributed by atoms with E-state index in [1.165, 1.54) is 17.3 Å². The molecule has 0 amide bonds.